The number of allylic oxidation sites excluding steroid dienone is 1. The summed E-state index contributed by atoms with van der Waals surface area (Å²) in [5.74, 6) is 0.675. The minimum atomic E-state index is 0.560. The third-order valence-corrected chi connectivity index (χ3v) is 3.36. The number of hydrogen-bond donors (Lipinski definition) is 0. The van der Waals surface area contributed by atoms with Crippen LogP contribution in [0.15, 0.2) is 47.5 Å². The molecule has 2 unspecified atom stereocenters. The number of fused-ring (bicyclic) bond motifs is 1. The molecular formula is C14H15N. The topological polar surface area (TPSA) is 12.4 Å². The first-order valence-electron chi connectivity index (χ1n) is 5.72. The van der Waals surface area contributed by atoms with Gasteiger partial charge in [-0.05, 0) is 24.8 Å². The van der Waals surface area contributed by atoms with Crippen LogP contribution in [0.3, 0.4) is 0 Å². The van der Waals surface area contributed by atoms with Gasteiger partial charge in [0.25, 0.3) is 0 Å². The van der Waals surface area contributed by atoms with Gasteiger partial charge in [-0.3, -0.25) is 4.99 Å². The molecule has 1 heteroatoms. The minimum Gasteiger partial charge on any atom is -0.285 e. The van der Waals surface area contributed by atoms with E-state index in [0.29, 0.717) is 12.0 Å². The van der Waals surface area contributed by atoms with Gasteiger partial charge in [0.05, 0.1) is 6.04 Å². The molecule has 0 saturated carbocycles. The van der Waals surface area contributed by atoms with Crippen molar-refractivity contribution in [2.45, 2.75) is 25.3 Å². The van der Waals surface area contributed by atoms with Gasteiger partial charge >= 0.3 is 0 Å². The molecule has 0 radical (unpaired) electrons. The lowest BCUT2D eigenvalue weighted by molar-refractivity contribution is 0.500. The van der Waals surface area contributed by atoms with Crippen molar-refractivity contribution in [2.75, 3.05) is 0 Å². The molecule has 2 atom stereocenters. The van der Waals surface area contributed by atoms with Crippen LogP contribution in [-0.2, 0) is 0 Å². The van der Waals surface area contributed by atoms with Crippen molar-refractivity contribution >= 4 is 5.71 Å². The van der Waals surface area contributed by atoms with Gasteiger partial charge in [0, 0.05) is 11.6 Å². The third-order valence-electron chi connectivity index (χ3n) is 3.36. The summed E-state index contributed by atoms with van der Waals surface area (Å²) in [5, 5.41) is 0. The molecule has 1 aromatic rings. The molecule has 1 heterocycles. The van der Waals surface area contributed by atoms with Crippen LogP contribution in [0.1, 0.15) is 24.8 Å². The van der Waals surface area contributed by atoms with Crippen molar-refractivity contribution in [1.29, 1.82) is 0 Å². The van der Waals surface area contributed by atoms with Gasteiger partial charge < -0.3 is 0 Å². The van der Waals surface area contributed by atoms with Gasteiger partial charge in [-0.1, -0.05) is 42.5 Å². The second kappa shape index (κ2) is 3.65. The highest BCUT2D eigenvalue weighted by Crippen LogP contribution is 2.31. The van der Waals surface area contributed by atoms with Crippen molar-refractivity contribution in [3.63, 3.8) is 0 Å². The Balaban J connectivity index is 1.88. The van der Waals surface area contributed by atoms with Gasteiger partial charge in [-0.2, -0.15) is 0 Å². The normalized spacial score (nSPS) is 28.7. The lowest BCUT2D eigenvalue weighted by atomic mass is 9.89. The molecule has 0 aromatic heterocycles. The molecule has 1 aliphatic carbocycles. The molecule has 1 nitrogen and oxygen atoms in total. The zero-order chi connectivity index (χ0) is 10.1. The summed E-state index contributed by atoms with van der Waals surface area (Å²) in [7, 11) is 0. The van der Waals surface area contributed by atoms with Crippen LogP contribution in [0, 0.1) is 5.92 Å². The van der Waals surface area contributed by atoms with E-state index in [1.807, 2.05) is 0 Å². The van der Waals surface area contributed by atoms with E-state index in [-0.39, 0.29) is 0 Å². The van der Waals surface area contributed by atoms with E-state index in [0.717, 1.165) is 6.42 Å². The van der Waals surface area contributed by atoms with Crippen molar-refractivity contribution < 1.29 is 0 Å². The maximum atomic E-state index is 4.85. The fourth-order valence-electron chi connectivity index (χ4n) is 2.54. The molecule has 1 aromatic carbocycles. The van der Waals surface area contributed by atoms with E-state index in [9.17, 15) is 0 Å². The Morgan fingerprint density at radius 1 is 1.13 bits per heavy atom. The Labute approximate surface area is 90.5 Å². The molecule has 15 heavy (non-hydrogen) atoms. The molecule has 3 rings (SSSR count). The highest BCUT2D eigenvalue weighted by atomic mass is 14.8. The maximum absolute atomic E-state index is 4.85. The van der Waals surface area contributed by atoms with E-state index < -0.39 is 0 Å². The summed E-state index contributed by atoms with van der Waals surface area (Å²) in [6.07, 6.45) is 8.23. The summed E-state index contributed by atoms with van der Waals surface area (Å²) in [6, 6.07) is 11.1. The Morgan fingerprint density at radius 3 is 2.80 bits per heavy atom. The van der Waals surface area contributed by atoms with Crippen LogP contribution in [-0.4, -0.2) is 11.8 Å². The van der Waals surface area contributed by atoms with Gasteiger partial charge in [-0.15, -0.1) is 0 Å². The highest BCUT2D eigenvalue weighted by molar-refractivity contribution is 6.02. The number of rotatable bonds is 1. The van der Waals surface area contributed by atoms with Gasteiger partial charge in [0.2, 0.25) is 0 Å². The van der Waals surface area contributed by atoms with E-state index in [4.69, 9.17) is 4.99 Å². The lowest BCUT2D eigenvalue weighted by Crippen LogP contribution is -2.14. The molecule has 0 fully saturated rings. The van der Waals surface area contributed by atoms with Gasteiger partial charge in [0.1, 0.15) is 0 Å². The van der Waals surface area contributed by atoms with E-state index in [1.165, 1.54) is 24.1 Å². The van der Waals surface area contributed by atoms with E-state index in [1.54, 1.807) is 0 Å². The highest BCUT2D eigenvalue weighted by Gasteiger charge is 2.28. The summed E-state index contributed by atoms with van der Waals surface area (Å²) in [6.45, 7) is 0. The lowest BCUT2D eigenvalue weighted by Gasteiger charge is -2.16. The van der Waals surface area contributed by atoms with Crippen LogP contribution in [0.5, 0.6) is 0 Å². The molecule has 0 saturated heterocycles. The van der Waals surface area contributed by atoms with E-state index >= 15 is 0 Å². The fraction of sp³-hybridized carbons (Fsp3) is 0.357. The van der Waals surface area contributed by atoms with E-state index in [2.05, 4.69) is 42.5 Å². The molecule has 0 bridgehead atoms. The molecule has 0 spiro atoms. The quantitative estimate of drug-likeness (QED) is 0.613. The van der Waals surface area contributed by atoms with Crippen molar-refractivity contribution in [1.82, 2.24) is 0 Å². The van der Waals surface area contributed by atoms with Crippen LogP contribution in [0.4, 0.5) is 0 Å². The zero-order valence-corrected chi connectivity index (χ0v) is 8.76. The third kappa shape index (κ3) is 1.63. The SMILES string of the molecule is C1=CC2CC(c3ccccc3)=NC2CC1. The van der Waals surface area contributed by atoms with Crippen LogP contribution in [0.25, 0.3) is 0 Å². The number of benzene rings is 1. The molecule has 76 valence electrons. The predicted octanol–water partition coefficient (Wildman–Crippen LogP) is 3.21. The van der Waals surface area contributed by atoms with Crippen LogP contribution >= 0.6 is 0 Å². The predicted molar refractivity (Wildman–Crippen MR) is 63.2 cm³/mol. The number of nitrogens with zero attached hydrogens (tertiary/aromatic N) is 1. The first kappa shape index (κ1) is 8.90. The summed E-state index contributed by atoms with van der Waals surface area (Å²) in [5.41, 5.74) is 2.61. The van der Waals surface area contributed by atoms with Gasteiger partial charge in [0.15, 0.2) is 0 Å². The first-order valence-corrected chi connectivity index (χ1v) is 5.72. The standard InChI is InChI=1S/C14H15N/c1-2-6-11(7-3-1)14-10-12-8-4-5-9-13(12)15-14/h1-4,6-8,12-13H,5,9-10H2. The first-order chi connectivity index (χ1) is 7.43. The molecule has 0 amide bonds. The summed E-state index contributed by atoms with van der Waals surface area (Å²) < 4.78 is 0. The Morgan fingerprint density at radius 2 is 2.00 bits per heavy atom. The number of hydrogen-bond acceptors (Lipinski definition) is 1. The minimum absolute atomic E-state index is 0.560. The average Bonchev–Trinajstić information content (AvgIpc) is 2.74. The van der Waals surface area contributed by atoms with Crippen molar-refractivity contribution in [3.8, 4) is 0 Å². The summed E-state index contributed by atoms with van der Waals surface area (Å²) >= 11 is 0. The molecule has 2 aliphatic rings. The second-order valence-corrected chi connectivity index (χ2v) is 4.38. The van der Waals surface area contributed by atoms with Crippen LogP contribution in [0.2, 0.25) is 0 Å². The smallest absolute Gasteiger partial charge is 0.0572 e. The molecule has 0 N–H and O–H groups in total. The maximum Gasteiger partial charge on any atom is 0.0572 e. The van der Waals surface area contributed by atoms with Crippen LogP contribution < -0.4 is 0 Å². The van der Waals surface area contributed by atoms with Gasteiger partial charge in [-0.25, -0.2) is 0 Å². The summed E-state index contributed by atoms with van der Waals surface area (Å²) in [4.78, 5) is 4.85. The zero-order valence-electron chi connectivity index (χ0n) is 8.76. The average molecular weight is 197 g/mol. The Hall–Kier alpha value is -1.37. The van der Waals surface area contributed by atoms with Crippen molar-refractivity contribution in [3.05, 3.63) is 48.0 Å². The second-order valence-electron chi connectivity index (χ2n) is 4.38. The number of aliphatic imine (C=N–C) groups is 1. The largest absolute Gasteiger partial charge is 0.285 e. The van der Waals surface area contributed by atoms with Crippen molar-refractivity contribution in [2.24, 2.45) is 10.9 Å². The monoisotopic (exact) mass is 197 g/mol. The Kier molecular flexibility index (Phi) is 2.17. The Bertz CT molecular complexity index is 403. The fourth-order valence-corrected chi connectivity index (χ4v) is 2.54. The molecular weight excluding hydrogens is 182 g/mol. The molecule has 1 aliphatic heterocycles.